The summed E-state index contributed by atoms with van der Waals surface area (Å²) < 4.78 is 56.9. The van der Waals surface area contributed by atoms with Crippen molar-refractivity contribution < 1.29 is 27.1 Å². The van der Waals surface area contributed by atoms with E-state index in [0.29, 0.717) is 18.2 Å². The molecule has 0 fully saturated rings. The Labute approximate surface area is 159 Å². The summed E-state index contributed by atoms with van der Waals surface area (Å²) in [5.41, 5.74) is 0.103. The molecule has 0 unspecified atom stereocenters. The minimum absolute atomic E-state index is 0.0979. The molecule has 0 aromatic heterocycles. The first-order valence-electron chi connectivity index (χ1n) is 8.22. The number of aliphatic imine (C=N–C) groups is 1. The summed E-state index contributed by atoms with van der Waals surface area (Å²) in [5.74, 6) is -1.12. The number of nitrogens with one attached hydrogen (secondary N) is 2. The number of esters is 1. The van der Waals surface area contributed by atoms with Crippen molar-refractivity contribution in [1.82, 2.24) is 10.6 Å². The van der Waals surface area contributed by atoms with Gasteiger partial charge in [-0.15, -0.1) is 0 Å². The highest BCUT2D eigenvalue weighted by Gasteiger charge is 2.33. The summed E-state index contributed by atoms with van der Waals surface area (Å²) in [6.07, 6.45) is -4.66. The average molecular weight is 397 g/mol. The molecule has 5 nitrogen and oxygen atoms in total. The van der Waals surface area contributed by atoms with Crippen LogP contribution >= 0.6 is 0 Å². The number of benzene rings is 2. The Kier molecular flexibility index (Phi) is 6.97. The van der Waals surface area contributed by atoms with Crippen LogP contribution in [0, 0.1) is 5.82 Å². The van der Waals surface area contributed by atoms with Gasteiger partial charge in [0.1, 0.15) is 5.82 Å². The molecule has 0 bridgehead atoms. The number of guanidine groups is 1. The Morgan fingerprint density at radius 3 is 2.29 bits per heavy atom. The molecule has 0 atom stereocenters. The zero-order valence-electron chi connectivity index (χ0n) is 15.2. The van der Waals surface area contributed by atoms with Crippen LogP contribution in [0.25, 0.3) is 0 Å². The third-order valence-corrected chi connectivity index (χ3v) is 3.88. The van der Waals surface area contributed by atoms with E-state index in [2.05, 4.69) is 20.4 Å². The number of halogens is 4. The topological polar surface area (TPSA) is 62.7 Å². The van der Waals surface area contributed by atoms with E-state index in [-0.39, 0.29) is 18.1 Å². The van der Waals surface area contributed by atoms with E-state index >= 15 is 0 Å². The Balaban J connectivity index is 1.98. The van der Waals surface area contributed by atoms with Crippen molar-refractivity contribution in [2.45, 2.75) is 19.3 Å². The molecule has 0 radical (unpaired) electrons. The monoisotopic (exact) mass is 397 g/mol. The van der Waals surface area contributed by atoms with Crippen molar-refractivity contribution in [3.05, 3.63) is 70.5 Å². The van der Waals surface area contributed by atoms with E-state index in [1.54, 1.807) is 24.3 Å². The van der Waals surface area contributed by atoms with E-state index in [1.807, 2.05) is 0 Å². The summed E-state index contributed by atoms with van der Waals surface area (Å²) in [4.78, 5) is 15.4. The van der Waals surface area contributed by atoms with Gasteiger partial charge in [0, 0.05) is 20.1 Å². The lowest BCUT2D eigenvalue weighted by Crippen LogP contribution is -2.36. The van der Waals surface area contributed by atoms with Gasteiger partial charge >= 0.3 is 12.1 Å². The molecule has 0 heterocycles. The van der Waals surface area contributed by atoms with Crippen LogP contribution in [0.1, 0.15) is 27.0 Å². The van der Waals surface area contributed by atoms with Gasteiger partial charge in [0.25, 0.3) is 0 Å². The third kappa shape index (κ3) is 5.70. The van der Waals surface area contributed by atoms with Gasteiger partial charge in [-0.2, -0.15) is 13.2 Å². The van der Waals surface area contributed by atoms with Crippen molar-refractivity contribution in [2.24, 2.45) is 4.99 Å². The van der Waals surface area contributed by atoms with Crippen molar-refractivity contribution >= 4 is 11.9 Å². The van der Waals surface area contributed by atoms with E-state index in [4.69, 9.17) is 0 Å². The number of rotatable bonds is 5. The Hall–Kier alpha value is -3.10. The van der Waals surface area contributed by atoms with Crippen LogP contribution in [0.5, 0.6) is 0 Å². The SMILES string of the molecule is CN=C(NCc1ccc(C(=O)OC)cc1)NCc1ccc(F)cc1C(F)(F)F. The predicted molar refractivity (Wildman–Crippen MR) is 96.2 cm³/mol. The van der Waals surface area contributed by atoms with Crippen LogP contribution in [0.15, 0.2) is 47.5 Å². The van der Waals surface area contributed by atoms with Crippen molar-refractivity contribution in [2.75, 3.05) is 14.2 Å². The Morgan fingerprint density at radius 1 is 1.07 bits per heavy atom. The van der Waals surface area contributed by atoms with Gasteiger partial charge in [-0.3, -0.25) is 4.99 Å². The van der Waals surface area contributed by atoms with E-state index in [0.717, 1.165) is 17.7 Å². The molecule has 150 valence electrons. The molecule has 2 aromatic rings. The van der Waals surface area contributed by atoms with Crippen molar-refractivity contribution in [3.8, 4) is 0 Å². The molecule has 0 spiro atoms. The van der Waals surface area contributed by atoms with Crippen LogP contribution in [-0.2, 0) is 24.0 Å². The maximum atomic E-state index is 13.2. The highest BCUT2D eigenvalue weighted by molar-refractivity contribution is 5.89. The van der Waals surface area contributed by atoms with Gasteiger partial charge < -0.3 is 15.4 Å². The predicted octanol–water partition coefficient (Wildman–Crippen LogP) is 3.50. The molecule has 0 aliphatic rings. The number of alkyl halides is 3. The number of hydrogen-bond donors (Lipinski definition) is 2. The first-order valence-corrected chi connectivity index (χ1v) is 8.22. The zero-order valence-corrected chi connectivity index (χ0v) is 15.2. The lowest BCUT2D eigenvalue weighted by Gasteiger charge is -2.16. The van der Waals surface area contributed by atoms with Gasteiger partial charge in [0.15, 0.2) is 5.96 Å². The molecule has 9 heteroatoms. The standard InChI is InChI=1S/C19H19F4N3O2/c1-24-18(25-10-12-3-5-13(6-4-12)17(27)28-2)26-11-14-7-8-15(20)9-16(14)19(21,22)23/h3-9H,10-11H2,1-2H3,(H2,24,25,26). The van der Waals surface area contributed by atoms with Gasteiger partial charge in [0.2, 0.25) is 0 Å². The van der Waals surface area contributed by atoms with E-state index in [9.17, 15) is 22.4 Å². The minimum Gasteiger partial charge on any atom is -0.465 e. The molecule has 0 saturated carbocycles. The second kappa shape index (κ2) is 9.20. The molecule has 28 heavy (non-hydrogen) atoms. The lowest BCUT2D eigenvalue weighted by atomic mass is 10.1. The molecule has 0 amide bonds. The van der Waals surface area contributed by atoms with Gasteiger partial charge in [0.05, 0.1) is 18.2 Å². The highest BCUT2D eigenvalue weighted by atomic mass is 19.4. The number of carbonyl (C=O) groups excluding carboxylic acids is 1. The quantitative estimate of drug-likeness (QED) is 0.351. The third-order valence-electron chi connectivity index (χ3n) is 3.88. The van der Waals surface area contributed by atoms with Crippen LogP contribution in [0.2, 0.25) is 0 Å². The average Bonchev–Trinajstić information content (AvgIpc) is 2.68. The fourth-order valence-electron chi connectivity index (χ4n) is 2.43. The maximum absolute atomic E-state index is 13.2. The molecule has 2 N–H and O–H groups in total. The second-order valence-electron chi connectivity index (χ2n) is 5.77. The maximum Gasteiger partial charge on any atom is 0.416 e. The van der Waals surface area contributed by atoms with Crippen molar-refractivity contribution in [3.63, 3.8) is 0 Å². The number of nitrogens with zero attached hydrogens (tertiary/aromatic N) is 1. The van der Waals surface area contributed by atoms with Gasteiger partial charge in [-0.05, 0) is 35.4 Å². The fraction of sp³-hybridized carbons (Fsp3) is 0.263. The molecule has 2 rings (SSSR count). The largest absolute Gasteiger partial charge is 0.465 e. The summed E-state index contributed by atoms with van der Waals surface area (Å²) >= 11 is 0. The molecular weight excluding hydrogens is 378 g/mol. The van der Waals surface area contributed by atoms with Crippen LogP contribution < -0.4 is 10.6 Å². The summed E-state index contributed by atoms with van der Waals surface area (Å²) in [7, 11) is 2.77. The Morgan fingerprint density at radius 2 is 1.71 bits per heavy atom. The normalized spacial score (nSPS) is 11.9. The highest BCUT2D eigenvalue weighted by Crippen LogP contribution is 2.32. The second-order valence-corrected chi connectivity index (χ2v) is 5.77. The smallest absolute Gasteiger partial charge is 0.416 e. The van der Waals surface area contributed by atoms with Gasteiger partial charge in [-0.25, -0.2) is 9.18 Å². The fourth-order valence-corrected chi connectivity index (χ4v) is 2.43. The summed E-state index contributed by atoms with van der Waals surface area (Å²) in [5, 5.41) is 5.72. The summed E-state index contributed by atoms with van der Waals surface area (Å²) in [6.45, 7) is 0.146. The molecule has 0 aliphatic carbocycles. The minimum atomic E-state index is -4.66. The molecule has 0 aliphatic heterocycles. The first-order chi connectivity index (χ1) is 13.2. The van der Waals surface area contributed by atoms with E-state index in [1.165, 1.54) is 14.2 Å². The molecule has 0 saturated heterocycles. The number of hydrogen-bond acceptors (Lipinski definition) is 3. The molecular formula is C19H19F4N3O2. The lowest BCUT2D eigenvalue weighted by molar-refractivity contribution is -0.138. The van der Waals surface area contributed by atoms with Crippen LogP contribution in [0.4, 0.5) is 17.6 Å². The number of ether oxygens (including phenoxy) is 1. The Bertz CT molecular complexity index is 849. The van der Waals surface area contributed by atoms with Crippen LogP contribution in [0.3, 0.4) is 0 Å². The zero-order chi connectivity index (χ0) is 20.7. The number of methoxy groups -OCH3 is 1. The van der Waals surface area contributed by atoms with Crippen LogP contribution in [-0.4, -0.2) is 26.1 Å². The van der Waals surface area contributed by atoms with Gasteiger partial charge in [-0.1, -0.05) is 18.2 Å². The summed E-state index contributed by atoms with van der Waals surface area (Å²) in [6, 6.07) is 9.17. The molecule has 2 aromatic carbocycles. The first kappa shape index (κ1) is 21.2. The number of carbonyl (C=O) groups is 1. The van der Waals surface area contributed by atoms with E-state index < -0.39 is 23.5 Å². The van der Waals surface area contributed by atoms with Crippen molar-refractivity contribution in [1.29, 1.82) is 0 Å².